The molecular weight excluding hydrogens is 473 g/mol. The number of rotatable bonds is 6. The lowest BCUT2D eigenvalue weighted by Crippen LogP contribution is -2.41. The highest BCUT2D eigenvalue weighted by atomic mass is 127. The fourth-order valence-corrected chi connectivity index (χ4v) is 3.91. The Balaban J connectivity index is 0.00000261. The summed E-state index contributed by atoms with van der Waals surface area (Å²) in [6.07, 6.45) is 2.46. The number of benzene rings is 1. The molecule has 1 unspecified atom stereocenters. The quantitative estimate of drug-likeness (QED) is 0.247. The molecule has 3 rings (SSSR count). The lowest BCUT2D eigenvalue weighted by atomic mass is 9.90. The fourth-order valence-electron chi connectivity index (χ4n) is 3.09. The van der Waals surface area contributed by atoms with Crippen molar-refractivity contribution in [1.82, 2.24) is 15.6 Å². The van der Waals surface area contributed by atoms with Crippen molar-refractivity contribution in [3.8, 4) is 0 Å². The van der Waals surface area contributed by atoms with Gasteiger partial charge in [-0.25, -0.2) is 4.98 Å². The van der Waals surface area contributed by atoms with E-state index in [2.05, 4.69) is 37.4 Å². The predicted molar refractivity (Wildman–Crippen MR) is 122 cm³/mol. The third-order valence-electron chi connectivity index (χ3n) is 4.37. The van der Waals surface area contributed by atoms with E-state index in [1.165, 1.54) is 10.6 Å². The van der Waals surface area contributed by atoms with Crippen molar-refractivity contribution in [3.63, 3.8) is 0 Å². The molecule has 0 bridgehead atoms. The number of anilines is 1. The second-order valence-electron chi connectivity index (χ2n) is 6.40. The molecule has 1 aliphatic rings. The fraction of sp³-hybridized carbons (Fsp3) is 0.421. The molecule has 8 heteroatoms. The zero-order valence-electron chi connectivity index (χ0n) is 15.6. The summed E-state index contributed by atoms with van der Waals surface area (Å²) >= 11 is 1.71. The van der Waals surface area contributed by atoms with Crippen LogP contribution in [-0.2, 0) is 11.2 Å². The molecule has 0 radical (unpaired) electrons. The zero-order chi connectivity index (χ0) is 18.4. The number of fused-ring (bicyclic) bond motifs is 1. The summed E-state index contributed by atoms with van der Waals surface area (Å²) in [7, 11) is 1.76. The smallest absolute Gasteiger partial charge is 0.225 e. The van der Waals surface area contributed by atoms with Gasteiger partial charge < -0.3 is 16.0 Å². The van der Waals surface area contributed by atoms with Gasteiger partial charge in [0.25, 0.3) is 0 Å². The van der Waals surface area contributed by atoms with Gasteiger partial charge in [0.1, 0.15) is 0 Å². The van der Waals surface area contributed by atoms with Crippen molar-refractivity contribution in [2.45, 2.75) is 32.1 Å². The Morgan fingerprint density at radius 1 is 1.37 bits per heavy atom. The first-order chi connectivity index (χ1) is 12.7. The van der Waals surface area contributed by atoms with Gasteiger partial charge in [-0.15, -0.1) is 35.3 Å². The third kappa shape index (κ3) is 6.17. The standard InChI is InChI=1S/C19H25N5OS.HI/c1-13-12-26-18(23-13)8-5-9-21-19(20-2)22-11-14-10-17(25)24-16-7-4-3-6-15(14)16;/h3-4,6-7,12,14H,5,8-11H2,1-2H3,(H,24,25)(H2,20,21,22);1H. The van der Waals surface area contributed by atoms with Crippen LogP contribution in [0.1, 0.15) is 35.0 Å². The number of aryl methyl sites for hydroxylation is 2. The largest absolute Gasteiger partial charge is 0.356 e. The summed E-state index contributed by atoms with van der Waals surface area (Å²) in [5.74, 6) is 0.984. The number of nitrogens with one attached hydrogen (secondary N) is 3. The van der Waals surface area contributed by atoms with Crippen molar-refractivity contribution in [2.24, 2.45) is 4.99 Å². The molecule has 1 aliphatic heterocycles. The molecule has 2 heterocycles. The van der Waals surface area contributed by atoms with Gasteiger partial charge in [-0.1, -0.05) is 18.2 Å². The topological polar surface area (TPSA) is 78.4 Å². The summed E-state index contributed by atoms with van der Waals surface area (Å²) in [6.45, 7) is 3.53. The predicted octanol–water partition coefficient (Wildman–Crippen LogP) is 3.29. The van der Waals surface area contributed by atoms with Crippen LogP contribution < -0.4 is 16.0 Å². The number of halogens is 1. The van der Waals surface area contributed by atoms with E-state index in [1.54, 1.807) is 18.4 Å². The van der Waals surface area contributed by atoms with E-state index in [4.69, 9.17) is 0 Å². The van der Waals surface area contributed by atoms with Crippen LogP contribution in [0.5, 0.6) is 0 Å². The van der Waals surface area contributed by atoms with Gasteiger partial charge in [0, 0.05) is 55.7 Å². The molecule has 1 aromatic heterocycles. The number of guanidine groups is 1. The summed E-state index contributed by atoms with van der Waals surface area (Å²) < 4.78 is 0. The van der Waals surface area contributed by atoms with E-state index in [-0.39, 0.29) is 35.8 Å². The lowest BCUT2D eigenvalue weighted by molar-refractivity contribution is -0.116. The van der Waals surface area contributed by atoms with Gasteiger partial charge in [0.05, 0.1) is 5.01 Å². The van der Waals surface area contributed by atoms with Crippen LogP contribution in [0.4, 0.5) is 5.69 Å². The first kappa shape index (κ1) is 21.6. The van der Waals surface area contributed by atoms with Gasteiger partial charge in [0.2, 0.25) is 5.91 Å². The van der Waals surface area contributed by atoms with E-state index in [9.17, 15) is 4.79 Å². The summed E-state index contributed by atoms with van der Waals surface area (Å²) in [6, 6.07) is 7.98. The molecule has 1 atom stereocenters. The molecule has 1 aromatic carbocycles. The molecule has 0 saturated carbocycles. The number of aromatic nitrogens is 1. The Labute approximate surface area is 181 Å². The first-order valence-electron chi connectivity index (χ1n) is 8.90. The van der Waals surface area contributed by atoms with Crippen molar-refractivity contribution < 1.29 is 4.79 Å². The number of aliphatic imine (C=N–C) groups is 1. The highest BCUT2D eigenvalue weighted by Gasteiger charge is 2.24. The SMILES string of the molecule is CN=C(NCCCc1nc(C)cs1)NCC1CC(=O)Nc2ccccc21.I. The van der Waals surface area contributed by atoms with Crippen molar-refractivity contribution in [2.75, 3.05) is 25.5 Å². The molecule has 27 heavy (non-hydrogen) atoms. The third-order valence-corrected chi connectivity index (χ3v) is 5.40. The van der Waals surface area contributed by atoms with Gasteiger partial charge in [-0.05, 0) is 25.0 Å². The Morgan fingerprint density at radius 3 is 2.93 bits per heavy atom. The van der Waals surface area contributed by atoms with Crippen LogP contribution in [0.15, 0.2) is 34.6 Å². The number of hydrogen-bond donors (Lipinski definition) is 3. The highest BCUT2D eigenvalue weighted by Crippen LogP contribution is 2.31. The maximum Gasteiger partial charge on any atom is 0.225 e. The highest BCUT2D eigenvalue weighted by molar-refractivity contribution is 14.0. The number of carbonyl (C=O) groups is 1. The van der Waals surface area contributed by atoms with Crippen LogP contribution in [0.25, 0.3) is 0 Å². The van der Waals surface area contributed by atoms with Crippen LogP contribution in [0.2, 0.25) is 0 Å². The molecule has 1 amide bonds. The Kier molecular flexibility index (Phi) is 8.49. The maximum absolute atomic E-state index is 11.9. The van der Waals surface area contributed by atoms with E-state index in [0.717, 1.165) is 36.7 Å². The van der Waals surface area contributed by atoms with E-state index >= 15 is 0 Å². The Bertz CT molecular complexity index is 792. The number of thiazole rings is 1. The molecular formula is C19H26IN5OS. The molecule has 0 aliphatic carbocycles. The molecule has 6 nitrogen and oxygen atoms in total. The second kappa shape index (κ2) is 10.6. The van der Waals surface area contributed by atoms with E-state index in [1.807, 2.05) is 25.1 Å². The summed E-state index contributed by atoms with van der Waals surface area (Å²) in [5.41, 5.74) is 3.18. The number of nitrogens with zero attached hydrogens (tertiary/aromatic N) is 2. The van der Waals surface area contributed by atoms with Gasteiger partial charge >= 0.3 is 0 Å². The minimum atomic E-state index is 0. The average molecular weight is 499 g/mol. The van der Waals surface area contributed by atoms with Crippen molar-refractivity contribution >= 4 is 52.9 Å². The zero-order valence-corrected chi connectivity index (χ0v) is 18.8. The normalized spacial score (nSPS) is 16.1. The first-order valence-corrected chi connectivity index (χ1v) is 9.78. The molecule has 0 spiro atoms. The van der Waals surface area contributed by atoms with Crippen LogP contribution >= 0.6 is 35.3 Å². The molecule has 0 saturated heterocycles. The molecule has 2 aromatic rings. The van der Waals surface area contributed by atoms with E-state index < -0.39 is 0 Å². The molecule has 0 fully saturated rings. The Hall–Kier alpha value is -1.68. The van der Waals surface area contributed by atoms with E-state index in [0.29, 0.717) is 13.0 Å². The molecule has 146 valence electrons. The summed E-state index contributed by atoms with van der Waals surface area (Å²) in [5, 5.41) is 12.9. The Morgan fingerprint density at radius 2 is 2.19 bits per heavy atom. The minimum Gasteiger partial charge on any atom is -0.356 e. The van der Waals surface area contributed by atoms with Gasteiger partial charge in [0.15, 0.2) is 5.96 Å². The molecule has 3 N–H and O–H groups in total. The van der Waals surface area contributed by atoms with Gasteiger partial charge in [-0.3, -0.25) is 9.79 Å². The second-order valence-corrected chi connectivity index (χ2v) is 7.35. The van der Waals surface area contributed by atoms with Gasteiger partial charge in [-0.2, -0.15) is 0 Å². The number of para-hydroxylation sites is 1. The van der Waals surface area contributed by atoms with Crippen LogP contribution in [0.3, 0.4) is 0 Å². The van der Waals surface area contributed by atoms with Crippen molar-refractivity contribution in [1.29, 1.82) is 0 Å². The lowest BCUT2D eigenvalue weighted by Gasteiger charge is -2.26. The maximum atomic E-state index is 11.9. The monoisotopic (exact) mass is 499 g/mol. The minimum absolute atomic E-state index is 0. The summed E-state index contributed by atoms with van der Waals surface area (Å²) in [4.78, 5) is 20.7. The van der Waals surface area contributed by atoms with Crippen molar-refractivity contribution in [3.05, 3.63) is 45.9 Å². The van der Waals surface area contributed by atoms with Crippen LogP contribution in [0, 0.1) is 6.92 Å². The number of amides is 1. The van der Waals surface area contributed by atoms with Crippen LogP contribution in [-0.4, -0.2) is 37.0 Å². The number of carbonyl (C=O) groups excluding carboxylic acids is 1. The number of hydrogen-bond acceptors (Lipinski definition) is 4. The average Bonchev–Trinajstić information content (AvgIpc) is 3.06.